The molecule has 0 aromatic heterocycles. The van der Waals surface area contributed by atoms with E-state index in [1.807, 2.05) is 13.8 Å². The van der Waals surface area contributed by atoms with Gasteiger partial charge in [-0.3, -0.25) is 10.2 Å². The maximum Gasteiger partial charge on any atom is 0.240 e. The highest BCUT2D eigenvalue weighted by Crippen LogP contribution is 2.17. The molecular weight excluding hydrogens is 228 g/mol. The largest absolute Gasteiger partial charge is 0.308 e. The molecule has 0 spiro atoms. The molecule has 0 bridgehead atoms. The average Bonchev–Trinajstić information content (AvgIpc) is 2.23. The number of hydrazine groups is 1. The number of hydrogen-bond acceptors (Lipinski definition) is 4. The van der Waals surface area contributed by atoms with Gasteiger partial charge in [-0.25, -0.2) is 5.84 Å². The van der Waals surface area contributed by atoms with Gasteiger partial charge in [-0.05, 0) is 33.9 Å². The zero-order valence-corrected chi connectivity index (χ0v) is 12.8. The molecule has 5 nitrogen and oxygen atoms in total. The number of nitrogens with two attached hydrogens (primary N) is 1. The number of carbonyl (C=O) groups is 1. The maximum absolute atomic E-state index is 11.7. The quantitative estimate of drug-likeness (QED) is 0.379. The third-order valence-electron chi connectivity index (χ3n) is 2.85. The summed E-state index contributed by atoms with van der Waals surface area (Å²) in [6.07, 6.45) is 0. The van der Waals surface area contributed by atoms with Crippen molar-refractivity contribution in [3.63, 3.8) is 0 Å². The zero-order valence-electron chi connectivity index (χ0n) is 12.8. The molecule has 18 heavy (non-hydrogen) atoms. The zero-order chi connectivity index (χ0) is 14.3. The first-order chi connectivity index (χ1) is 8.19. The number of hydrogen-bond donors (Lipinski definition) is 2. The normalized spacial score (nSPS) is 12.6. The Kier molecular flexibility index (Phi) is 7.43. The number of likely N-dealkylation sites (N-methyl/N-ethyl adjacent to an activating group) is 1. The summed E-state index contributed by atoms with van der Waals surface area (Å²) in [6, 6.07) is 0. The molecule has 0 aliphatic carbocycles. The number of carbonyl (C=O) groups excluding carboxylic acids is 1. The van der Waals surface area contributed by atoms with Crippen molar-refractivity contribution < 1.29 is 4.79 Å². The molecule has 0 fully saturated rings. The molecule has 0 aromatic carbocycles. The molecule has 0 saturated carbocycles. The number of rotatable bonds is 8. The molecule has 0 atom stereocenters. The first kappa shape index (κ1) is 17.4. The van der Waals surface area contributed by atoms with Gasteiger partial charge in [0, 0.05) is 26.2 Å². The average molecular weight is 258 g/mol. The van der Waals surface area contributed by atoms with Crippen LogP contribution in [0.2, 0.25) is 0 Å². The van der Waals surface area contributed by atoms with Crippen LogP contribution in [0.3, 0.4) is 0 Å². The molecule has 0 aliphatic rings. The molecule has 0 aliphatic heterocycles. The first-order valence-electron chi connectivity index (χ1n) is 6.57. The topological polar surface area (TPSA) is 61.6 Å². The highest BCUT2D eigenvalue weighted by atomic mass is 16.2. The first-order valence-corrected chi connectivity index (χ1v) is 6.57. The van der Waals surface area contributed by atoms with Crippen LogP contribution in [0.25, 0.3) is 0 Å². The van der Waals surface area contributed by atoms with Crippen LogP contribution in [-0.2, 0) is 4.79 Å². The molecule has 1 amide bonds. The summed E-state index contributed by atoms with van der Waals surface area (Å²) in [6.45, 7) is 11.9. The fraction of sp³-hybridized carbons (Fsp3) is 0.923. The summed E-state index contributed by atoms with van der Waals surface area (Å²) in [4.78, 5) is 16.2. The Morgan fingerprint density at radius 1 is 1.28 bits per heavy atom. The Morgan fingerprint density at radius 3 is 2.22 bits per heavy atom. The summed E-state index contributed by atoms with van der Waals surface area (Å²) in [5.74, 6) is 5.71. The minimum absolute atomic E-state index is 0.110. The van der Waals surface area contributed by atoms with Gasteiger partial charge in [0.15, 0.2) is 0 Å². The molecule has 0 heterocycles. The molecule has 0 radical (unpaired) electrons. The van der Waals surface area contributed by atoms with Crippen molar-refractivity contribution in [2.75, 3.05) is 40.3 Å². The van der Waals surface area contributed by atoms with Gasteiger partial charge in [-0.2, -0.15) is 0 Å². The van der Waals surface area contributed by atoms with Gasteiger partial charge in [0.1, 0.15) is 0 Å². The van der Waals surface area contributed by atoms with Crippen molar-refractivity contribution >= 4 is 5.91 Å². The molecule has 0 unspecified atom stereocenters. The summed E-state index contributed by atoms with van der Waals surface area (Å²) < 4.78 is 0. The highest BCUT2D eigenvalue weighted by Gasteiger charge is 2.29. The van der Waals surface area contributed by atoms with Crippen LogP contribution in [0.1, 0.15) is 27.7 Å². The Balaban J connectivity index is 4.51. The predicted octanol–water partition coefficient (Wildman–Crippen LogP) is 0.522. The van der Waals surface area contributed by atoms with E-state index in [-0.39, 0.29) is 5.91 Å². The van der Waals surface area contributed by atoms with E-state index >= 15 is 0 Å². The Bertz CT molecular complexity index is 251. The van der Waals surface area contributed by atoms with Crippen LogP contribution in [0.15, 0.2) is 0 Å². The highest BCUT2D eigenvalue weighted by molar-refractivity contribution is 5.81. The fourth-order valence-electron chi connectivity index (χ4n) is 1.92. The van der Waals surface area contributed by atoms with Gasteiger partial charge in [0.2, 0.25) is 5.91 Å². The van der Waals surface area contributed by atoms with Gasteiger partial charge < -0.3 is 9.80 Å². The summed E-state index contributed by atoms with van der Waals surface area (Å²) in [5.41, 5.74) is 1.79. The molecular formula is C13H30N4O. The van der Waals surface area contributed by atoms with Gasteiger partial charge in [-0.15, -0.1) is 0 Å². The van der Waals surface area contributed by atoms with Crippen LogP contribution >= 0.6 is 0 Å². The summed E-state index contributed by atoms with van der Waals surface area (Å²) >= 11 is 0. The second kappa shape index (κ2) is 7.71. The number of nitrogens with one attached hydrogen (secondary N) is 1. The molecule has 0 aromatic rings. The van der Waals surface area contributed by atoms with Crippen molar-refractivity contribution in [1.29, 1.82) is 0 Å². The van der Waals surface area contributed by atoms with E-state index in [9.17, 15) is 4.79 Å². The summed E-state index contributed by atoms with van der Waals surface area (Å²) in [7, 11) is 4.12. The lowest BCUT2D eigenvalue weighted by molar-refractivity contribution is -0.130. The molecule has 3 N–H and O–H groups in total. The van der Waals surface area contributed by atoms with Crippen molar-refractivity contribution in [2.45, 2.75) is 27.7 Å². The van der Waals surface area contributed by atoms with Crippen LogP contribution in [0.5, 0.6) is 0 Å². The fourth-order valence-corrected chi connectivity index (χ4v) is 1.92. The molecule has 0 saturated heterocycles. The minimum atomic E-state index is -0.462. The molecule has 0 rings (SSSR count). The SMILES string of the molecule is CC(C)CN(CCN(C)C)CC(C)(C)C(=O)NN. The van der Waals surface area contributed by atoms with Crippen LogP contribution in [-0.4, -0.2) is 56.0 Å². The van der Waals surface area contributed by atoms with Gasteiger partial charge in [0.05, 0.1) is 5.41 Å². The second-order valence-corrected chi connectivity index (χ2v) is 6.29. The molecule has 108 valence electrons. The van der Waals surface area contributed by atoms with E-state index in [1.165, 1.54) is 0 Å². The number of amides is 1. The minimum Gasteiger partial charge on any atom is -0.308 e. The van der Waals surface area contributed by atoms with Gasteiger partial charge in [0.25, 0.3) is 0 Å². The second-order valence-electron chi connectivity index (χ2n) is 6.29. The smallest absolute Gasteiger partial charge is 0.240 e. The van der Waals surface area contributed by atoms with Crippen LogP contribution in [0, 0.1) is 11.3 Å². The lowest BCUT2D eigenvalue weighted by atomic mass is 9.91. The van der Waals surface area contributed by atoms with Crippen LogP contribution < -0.4 is 11.3 Å². The van der Waals surface area contributed by atoms with Crippen molar-refractivity contribution in [3.8, 4) is 0 Å². The van der Waals surface area contributed by atoms with E-state index in [4.69, 9.17) is 5.84 Å². The van der Waals surface area contributed by atoms with Crippen molar-refractivity contribution in [1.82, 2.24) is 15.2 Å². The van der Waals surface area contributed by atoms with E-state index in [1.54, 1.807) is 0 Å². The van der Waals surface area contributed by atoms with E-state index in [0.29, 0.717) is 5.92 Å². The van der Waals surface area contributed by atoms with E-state index < -0.39 is 5.41 Å². The lowest BCUT2D eigenvalue weighted by Crippen LogP contribution is -2.49. The van der Waals surface area contributed by atoms with Gasteiger partial charge >= 0.3 is 0 Å². The Labute approximate surface area is 112 Å². The molecule has 5 heteroatoms. The third-order valence-corrected chi connectivity index (χ3v) is 2.85. The standard InChI is InChI=1S/C13H30N4O/c1-11(2)9-17(8-7-16(5)6)10-13(3,4)12(18)15-14/h11H,7-10,14H2,1-6H3,(H,15,18). The number of nitrogens with zero attached hydrogens (tertiary/aromatic N) is 2. The summed E-state index contributed by atoms with van der Waals surface area (Å²) in [5, 5.41) is 0. The van der Waals surface area contributed by atoms with Gasteiger partial charge in [-0.1, -0.05) is 13.8 Å². The van der Waals surface area contributed by atoms with E-state index in [0.717, 1.165) is 26.2 Å². The predicted molar refractivity (Wildman–Crippen MR) is 75.9 cm³/mol. The Morgan fingerprint density at radius 2 is 1.83 bits per heavy atom. The van der Waals surface area contributed by atoms with Crippen molar-refractivity contribution in [2.24, 2.45) is 17.2 Å². The van der Waals surface area contributed by atoms with Crippen molar-refractivity contribution in [3.05, 3.63) is 0 Å². The van der Waals surface area contributed by atoms with E-state index in [2.05, 4.69) is 43.2 Å². The Hall–Kier alpha value is -0.650. The maximum atomic E-state index is 11.7. The van der Waals surface area contributed by atoms with Crippen LogP contribution in [0.4, 0.5) is 0 Å². The lowest BCUT2D eigenvalue weighted by Gasteiger charge is -2.33. The monoisotopic (exact) mass is 258 g/mol. The third kappa shape index (κ3) is 6.93.